The van der Waals surface area contributed by atoms with Crippen LogP contribution < -0.4 is 5.73 Å². The predicted molar refractivity (Wildman–Crippen MR) is 75.3 cm³/mol. The minimum Gasteiger partial charge on any atom is -0.409 e. The summed E-state index contributed by atoms with van der Waals surface area (Å²) in [6, 6.07) is 14.3. The van der Waals surface area contributed by atoms with Crippen LogP contribution in [0.2, 0.25) is 0 Å². The molecule has 0 saturated carbocycles. The third-order valence-corrected chi connectivity index (χ3v) is 3.36. The predicted octanol–water partition coefficient (Wildman–Crippen LogP) is 3.10. The number of nitrogens with zero attached hydrogens (tertiary/aromatic N) is 1. The summed E-state index contributed by atoms with van der Waals surface area (Å²) >= 11 is 1.57. The topological polar surface area (TPSA) is 58.6 Å². The number of amidine groups is 1. The van der Waals surface area contributed by atoms with Crippen molar-refractivity contribution in [1.82, 2.24) is 0 Å². The maximum absolute atomic E-state index is 8.48. The van der Waals surface area contributed by atoms with Crippen LogP contribution in [0.25, 0.3) is 10.8 Å². The van der Waals surface area contributed by atoms with E-state index >= 15 is 0 Å². The van der Waals surface area contributed by atoms with Crippen molar-refractivity contribution in [1.29, 1.82) is 0 Å². The number of halogens is 1. The van der Waals surface area contributed by atoms with Crippen molar-refractivity contribution in [3.05, 3.63) is 42.5 Å². The molecule has 0 bridgehead atoms. The van der Waals surface area contributed by atoms with E-state index in [-0.39, 0.29) is 18.2 Å². The van der Waals surface area contributed by atoms with E-state index in [4.69, 9.17) is 10.9 Å². The van der Waals surface area contributed by atoms with Gasteiger partial charge in [0.2, 0.25) is 0 Å². The number of hydrogen-bond acceptors (Lipinski definition) is 3. The van der Waals surface area contributed by atoms with Crippen LogP contribution in [0.1, 0.15) is 0 Å². The van der Waals surface area contributed by atoms with Crippen LogP contribution in [0.4, 0.5) is 0 Å². The molecule has 0 spiro atoms. The highest BCUT2D eigenvalue weighted by Gasteiger charge is 2.01. The molecule has 0 amide bonds. The lowest BCUT2D eigenvalue weighted by Crippen LogP contribution is -2.14. The first-order valence-electron chi connectivity index (χ1n) is 4.88. The fourth-order valence-electron chi connectivity index (χ4n) is 1.50. The molecule has 0 unspecified atom stereocenters. The van der Waals surface area contributed by atoms with Crippen LogP contribution in [0.5, 0.6) is 0 Å². The summed E-state index contributed by atoms with van der Waals surface area (Å²) in [5, 5.41) is 13.8. The van der Waals surface area contributed by atoms with Crippen molar-refractivity contribution >= 4 is 40.8 Å². The van der Waals surface area contributed by atoms with E-state index in [1.807, 2.05) is 24.3 Å². The third kappa shape index (κ3) is 3.28. The lowest BCUT2D eigenvalue weighted by Gasteiger charge is -2.05. The molecule has 0 fully saturated rings. The van der Waals surface area contributed by atoms with E-state index in [1.165, 1.54) is 10.8 Å². The van der Waals surface area contributed by atoms with E-state index in [0.29, 0.717) is 5.75 Å². The van der Waals surface area contributed by atoms with Crippen LogP contribution in [0.15, 0.2) is 52.5 Å². The molecule has 90 valence electrons. The zero-order valence-electron chi connectivity index (χ0n) is 9.04. The highest BCUT2D eigenvalue weighted by Crippen LogP contribution is 2.27. The number of nitrogens with two attached hydrogens (primary N) is 1. The molecule has 2 rings (SSSR count). The van der Waals surface area contributed by atoms with E-state index in [2.05, 4.69) is 23.4 Å². The second-order valence-electron chi connectivity index (χ2n) is 3.36. The second kappa shape index (κ2) is 6.37. The lowest BCUT2D eigenvalue weighted by molar-refractivity contribution is 0.318. The summed E-state index contributed by atoms with van der Waals surface area (Å²) in [5.41, 5.74) is 5.44. The summed E-state index contributed by atoms with van der Waals surface area (Å²) in [7, 11) is 0. The number of rotatable bonds is 3. The van der Waals surface area contributed by atoms with Crippen LogP contribution in [-0.4, -0.2) is 16.8 Å². The molecular weight excluding hydrogens is 256 g/mol. The summed E-state index contributed by atoms with van der Waals surface area (Å²) < 4.78 is 0. The van der Waals surface area contributed by atoms with Gasteiger partial charge in [-0.2, -0.15) is 0 Å². The van der Waals surface area contributed by atoms with E-state index in [9.17, 15) is 0 Å². The maximum Gasteiger partial charge on any atom is 0.149 e. The van der Waals surface area contributed by atoms with Gasteiger partial charge in [-0.05, 0) is 16.8 Å². The Balaban J connectivity index is 0.00000144. The summed E-state index contributed by atoms with van der Waals surface area (Å²) in [4.78, 5) is 1.14. The van der Waals surface area contributed by atoms with Crippen LogP contribution in [0, 0.1) is 0 Å². The fraction of sp³-hybridized carbons (Fsp3) is 0.0833. The van der Waals surface area contributed by atoms with E-state index in [0.717, 1.165) is 4.90 Å². The summed E-state index contributed by atoms with van der Waals surface area (Å²) in [6.07, 6.45) is 0. The van der Waals surface area contributed by atoms with Crippen molar-refractivity contribution in [3.63, 3.8) is 0 Å². The molecular formula is C12H13ClN2OS. The van der Waals surface area contributed by atoms with Crippen molar-refractivity contribution in [3.8, 4) is 0 Å². The molecule has 0 aliphatic carbocycles. The van der Waals surface area contributed by atoms with Crippen LogP contribution >= 0.6 is 24.2 Å². The molecule has 0 atom stereocenters. The van der Waals surface area contributed by atoms with Gasteiger partial charge in [0.25, 0.3) is 0 Å². The van der Waals surface area contributed by atoms with Gasteiger partial charge < -0.3 is 10.9 Å². The Bertz CT molecular complexity index is 525. The van der Waals surface area contributed by atoms with Crippen molar-refractivity contribution < 1.29 is 5.21 Å². The Labute approximate surface area is 110 Å². The molecule has 0 aliphatic heterocycles. The normalized spacial score (nSPS) is 11.2. The highest BCUT2D eigenvalue weighted by molar-refractivity contribution is 8.00. The average molecular weight is 269 g/mol. The van der Waals surface area contributed by atoms with Gasteiger partial charge in [-0.25, -0.2) is 0 Å². The van der Waals surface area contributed by atoms with Gasteiger partial charge >= 0.3 is 0 Å². The van der Waals surface area contributed by atoms with Gasteiger partial charge in [-0.3, -0.25) is 0 Å². The van der Waals surface area contributed by atoms with Gasteiger partial charge in [-0.15, -0.1) is 24.2 Å². The third-order valence-electron chi connectivity index (χ3n) is 2.25. The molecule has 0 saturated heterocycles. The Morgan fingerprint density at radius 3 is 2.65 bits per heavy atom. The molecule has 3 nitrogen and oxygen atoms in total. The summed E-state index contributed by atoms with van der Waals surface area (Å²) in [5.74, 6) is 0.725. The molecule has 2 aromatic rings. The first-order valence-corrected chi connectivity index (χ1v) is 5.87. The van der Waals surface area contributed by atoms with Crippen molar-refractivity contribution in [2.75, 3.05) is 5.75 Å². The van der Waals surface area contributed by atoms with Gasteiger partial charge in [0, 0.05) is 4.90 Å². The number of fused-ring (bicyclic) bond motifs is 1. The largest absolute Gasteiger partial charge is 0.409 e. The molecule has 2 aromatic carbocycles. The number of hydrogen-bond donors (Lipinski definition) is 2. The summed E-state index contributed by atoms with van der Waals surface area (Å²) in [6.45, 7) is 0. The fourth-order valence-corrected chi connectivity index (χ4v) is 2.38. The monoisotopic (exact) mass is 268 g/mol. The lowest BCUT2D eigenvalue weighted by atomic mass is 10.1. The van der Waals surface area contributed by atoms with Crippen molar-refractivity contribution in [2.24, 2.45) is 10.9 Å². The Hall–Kier alpha value is -1.39. The second-order valence-corrected chi connectivity index (χ2v) is 4.37. The Morgan fingerprint density at radius 2 is 1.88 bits per heavy atom. The number of benzene rings is 2. The number of oxime groups is 1. The molecule has 3 N–H and O–H groups in total. The Kier molecular flexibility index (Phi) is 5.12. The first-order chi connectivity index (χ1) is 7.81. The SMILES string of the molecule is Cl.N/C(CSc1cccc2ccccc12)=N/O. The van der Waals surface area contributed by atoms with Gasteiger partial charge in [0.15, 0.2) is 0 Å². The zero-order chi connectivity index (χ0) is 11.4. The maximum atomic E-state index is 8.48. The first kappa shape index (κ1) is 13.7. The smallest absolute Gasteiger partial charge is 0.149 e. The van der Waals surface area contributed by atoms with Crippen molar-refractivity contribution in [2.45, 2.75) is 4.90 Å². The average Bonchev–Trinajstić information content (AvgIpc) is 2.35. The number of thioether (sulfide) groups is 1. The van der Waals surface area contributed by atoms with Gasteiger partial charge in [-0.1, -0.05) is 41.6 Å². The minimum atomic E-state index is 0. The molecule has 17 heavy (non-hydrogen) atoms. The van der Waals surface area contributed by atoms with Crippen LogP contribution in [-0.2, 0) is 0 Å². The highest BCUT2D eigenvalue weighted by atomic mass is 35.5. The molecule has 0 aliphatic rings. The van der Waals surface area contributed by atoms with Crippen LogP contribution in [0.3, 0.4) is 0 Å². The van der Waals surface area contributed by atoms with E-state index in [1.54, 1.807) is 11.8 Å². The zero-order valence-corrected chi connectivity index (χ0v) is 10.7. The standard InChI is InChI=1S/C12H12N2OS.ClH/c13-12(14-15)8-16-11-7-3-5-9-4-1-2-6-10(9)11;/h1-7,15H,8H2,(H2,13,14);1H. The molecule has 0 heterocycles. The molecule has 0 radical (unpaired) electrons. The Morgan fingerprint density at radius 1 is 1.18 bits per heavy atom. The minimum absolute atomic E-state index is 0. The molecule has 0 aromatic heterocycles. The quantitative estimate of drug-likeness (QED) is 0.296. The van der Waals surface area contributed by atoms with E-state index < -0.39 is 0 Å². The molecule has 5 heteroatoms. The van der Waals surface area contributed by atoms with Gasteiger partial charge in [0.1, 0.15) is 5.84 Å². The van der Waals surface area contributed by atoms with Gasteiger partial charge in [0.05, 0.1) is 5.75 Å².